The van der Waals surface area contributed by atoms with Crippen LogP contribution in [0.2, 0.25) is 0 Å². The van der Waals surface area contributed by atoms with E-state index in [4.69, 9.17) is 43.0 Å². The number of benzene rings is 3. The summed E-state index contributed by atoms with van der Waals surface area (Å²) in [7, 11) is 8.17. The van der Waals surface area contributed by atoms with Gasteiger partial charge in [-0.05, 0) is 107 Å². The van der Waals surface area contributed by atoms with Gasteiger partial charge >= 0.3 is 12.1 Å². The quantitative estimate of drug-likeness (QED) is 0.184. The number of methoxy groups -OCH3 is 3. The van der Waals surface area contributed by atoms with Crippen LogP contribution in [0.15, 0.2) is 24.3 Å². The van der Waals surface area contributed by atoms with Crippen molar-refractivity contribution in [1.29, 1.82) is 0 Å². The third-order valence-electron chi connectivity index (χ3n) is 12.8. The molecule has 2 fully saturated rings. The van der Waals surface area contributed by atoms with Crippen LogP contribution < -0.4 is 33.7 Å². The monoisotopic (exact) mass is 1010 g/mol. The van der Waals surface area contributed by atoms with Crippen LogP contribution in [0.4, 0.5) is 4.79 Å². The maximum absolute atomic E-state index is 15.1. The number of rotatable bonds is 5. The molecular weight excluding hydrogens is 923 g/mol. The van der Waals surface area contributed by atoms with Crippen LogP contribution in [-0.4, -0.2) is 118 Å². The molecule has 71 heavy (non-hydrogen) atoms. The largest absolute Gasteiger partial charge is 0.514 e. The van der Waals surface area contributed by atoms with Crippen molar-refractivity contribution in [2.24, 2.45) is 0 Å². The van der Waals surface area contributed by atoms with Crippen molar-refractivity contribution in [3.05, 3.63) is 68.8 Å². The maximum Gasteiger partial charge on any atom is 0.514 e. The van der Waals surface area contributed by atoms with Crippen molar-refractivity contribution >= 4 is 23.9 Å². The molecule has 2 saturated heterocycles. The highest BCUT2D eigenvalue weighted by Gasteiger charge is 2.54. The third-order valence-corrected chi connectivity index (χ3v) is 14.2. The standard InChI is InChI=1S/C45H57N3O10S.5C2H6.CH4O/c1-23-14-28-15-29-19-48-32(36-24(2)39(53-11)25(3)40-41(36)56-22-55-40)20-54-42(49)45(21-59-26(4)37(48)38(47(29)8)30(28)17-33(23)51-9)31-18-34(52-10)35(16-27(31)12-13-46-45)57-43(50)58-44(5,6)7;6*1-2/h14,16-18,26,29,32,37-38,46H,12-13,15,19-22H2,1-11H3;5*1-2H3;2H,1H3/t26?,29?,32?,37?,38?,45-;;;;;;/m1....../s1. The zero-order valence-electron chi connectivity index (χ0n) is 47.5. The molecule has 14 nitrogen and oxygen atoms in total. The van der Waals surface area contributed by atoms with Crippen LogP contribution in [0.25, 0.3) is 0 Å². The molecule has 5 unspecified atom stereocenters. The zero-order chi connectivity index (χ0) is 54.1. The van der Waals surface area contributed by atoms with Gasteiger partial charge in [0, 0.05) is 60.0 Å². The van der Waals surface area contributed by atoms with Gasteiger partial charge in [0.05, 0.1) is 33.4 Å². The number of nitrogens with one attached hydrogen (secondary N) is 1. The molecule has 5 aliphatic rings. The van der Waals surface area contributed by atoms with Gasteiger partial charge in [-0.15, -0.1) is 0 Å². The molecule has 0 aliphatic carbocycles. The highest BCUT2D eigenvalue weighted by molar-refractivity contribution is 8.00. The molecule has 402 valence electrons. The van der Waals surface area contributed by atoms with E-state index in [1.54, 1.807) is 58.9 Å². The average Bonchev–Trinajstić information content (AvgIpc) is 3.87. The number of hydrogen-bond donors (Lipinski definition) is 2. The third kappa shape index (κ3) is 13.0. The second-order valence-electron chi connectivity index (χ2n) is 17.4. The summed E-state index contributed by atoms with van der Waals surface area (Å²) in [5, 5.41) is 10.6. The fourth-order valence-electron chi connectivity index (χ4n) is 10.1. The second-order valence-corrected chi connectivity index (χ2v) is 18.7. The van der Waals surface area contributed by atoms with E-state index in [1.807, 2.05) is 76.2 Å². The summed E-state index contributed by atoms with van der Waals surface area (Å²) in [6.45, 7) is 35.1. The molecule has 0 saturated carbocycles. The zero-order valence-corrected chi connectivity index (χ0v) is 48.3. The number of esters is 1. The molecule has 6 atom stereocenters. The van der Waals surface area contributed by atoms with Gasteiger partial charge in [-0.3, -0.25) is 15.1 Å². The topological polar surface area (TPSA) is 147 Å². The first-order valence-electron chi connectivity index (χ1n) is 25.8. The number of aliphatic hydroxyl groups excluding tert-OH is 1. The molecule has 3 aromatic rings. The number of likely N-dealkylation sites (N-methyl/N-ethyl adjacent to an activating group) is 1. The van der Waals surface area contributed by atoms with Crippen LogP contribution in [0, 0.1) is 20.8 Å². The van der Waals surface area contributed by atoms with Crippen LogP contribution >= 0.6 is 11.8 Å². The van der Waals surface area contributed by atoms with Crippen molar-refractivity contribution in [2.45, 2.75) is 171 Å². The van der Waals surface area contributed by atoms with Gasteiger partial charge in [-0.1, -0.05) is 82.2 Å². The van der Waals surface area contributed by atoms with E-state index in [2.05, 4.69) is 55.1 Å². The molecule has 5 aliphatic heterocycles. The lowest BCUT2D eigenvalue weighted by Gasteiger charge is -2.58. The fraction of sp³-hybridized carbons (Fsp3) is 0.643. The first-order valence-corrected chi connectivity index (χ1v) is 26.9. The maximum atomic E-state index is 15.1. The number of carbonyl (C=O) groups is 2. The normalized spacial score (nSPS) is 22.6. The second kappa shape index (κ2) is 28.7. The number of hydrogen-bond acceptors (Lipinski definition) is 15. The van der Waals surface area contributed by atoms with Crippen molar-refractivity contribution < 1.29 is 52.6 Å². The van der Waals surface area contributed by atoms with E-state index in [0.717, 1.165) is 65.0 Å². The van der Waals surface area contributed by atoms with Crippen molar-refractivity contribution in [3.8, 4) is 34.5 Å². The SMILES string of the molecule is CC.CC.CC.CC.CC.CO.COc1cc2c(cc1C)CC1CN3C(c4c(C)c(OC)c(C)c5c4OCO5)COC(=O)[C@]4(CSC(C)C3C2N1C)NCCc1cc(OC(=O)OC(C)(C)C)c(OC)cc14. The van der Waals surface area contributed by atoms with Crippen LogP contribution in [0.5, 0.6) is 34.5 Å². The van der Waals surface area contributed by atoms with Gasteiger partial charge in [0.2, 0.25) is 6.79 Å². The van der Waals surface area contributed by atoms with E-state index >= 15 is 4.79 Å². The van der Waals surface area contributed by atoms with Crippen molar-refractivity contribution in [1.82, 2.24) is 15.1 Å². The smallest absolute Gasteiger partial charge is 0.496 e. The lowest BCUT2D eigenvalue weighted by molar-refractivity contribution is -0.155. The van der Waals surface area contributed by atoms with E-state index in [0.29, 0.717) is 36.0 Å². The van der Waals surface area contributed by atoms with E-state index in [9.17, 15) is 4.79 Å². The minimum absolute atomic E-state index is 0.000186. The molecule has 3 aromatic carbocycles. The Morgan fingerprint density at radius 2 is 1.44 bits per heavy atom. The summed E-state index contributed by atoms with van der Waals surface area (Å²) < 4.78 is 48.0. The Hall–Kier alpha value is -4.41. The van der Waals surface area contributed by atoms with E-state index in [1.165, 1.54) is 18.2 Å². The summed E-state index contributed by atoms with van der Waals surface area (Å²) in [5.41, 5.74) is 6.01. The predicted molar refractivity (Wildman–Crippen MR) is 289 cm³/mol. The lowest BCUT2D eigenvalue weighted by Crippen LogP contribution is -2.65. The predicted octanol–water partition coefficient (Wildman–Crippen LogP) is 11.5. The molecule has 5 heterocycles. The number of aryl methyl sites for hydroxylation is 1. The average molecular weight is 1010 g/mol. The molecule has 8 rings (SSSR count). The highest BCUT2D eigenvalue weighted by Crippen LogP contribution is 2.54. The summed E-state index contributed by atoms with van der Waals surface area (Å²) in [6.07, 6.45) is 0.637. The fourth-order valence-corrected chi connectivity index (χ4v) is 11.5. The van der Waals surface area contributed by atoms with Gasteiger partial charge in [-0.25, -0.2) is 9.59 Å². The van der Waals surface area contributed by atoms with Crippen LogP contribution in [-0.2, 0) is 32.6 Å². The van der Waals surface area contributed by atoms with E-state index in [-0.39, 0.29) is 42.5 Å². The minimum atomic E-state index is -1.24. The summed E-state index contributed by atoms with van der Waals surface area (Å²) in [5.74, 6) is 3.44. The van der Waals surface area contributed by atoms with Gasteiger partial charge < -0.3 is 43.0 Å². The molecule has 2 N–H and O–H groups in total. The minimum Gasteiger partial charge on any atom is -0.496 e. The number of ether oxygens (including phenoxy) is 8. The summed E-state index contributed by atoms with van der Waals surface area (Å²) in [4.78, 5) is 33.0. The summed E-state index contributed by atoms with van der Waals surface area (Å²) >= 11 is 1.75. The van der Waals surface area contributed by atoms with Gasteiger partial charge in [0.25, 0.3) is 0 Å². The molecule has 1 spiro atoms. The molecule has 0 aromatic heterocycles. The summed E-state index contributed by atoms with van der Waals surface area (Å²) in [6, 6.07) is 7.87. The number of piperazine rings is 1. The van der Waals surface area contributed by atoms with Crippen LogP contribution in [0.1, 0.15) is 154 Å². The Kier molecular flexibility index (Phi) is 25.4. The number of thioether (sulfide) groups is 1. The Morgan fingerprint density at radius 1 is 0.817 bits per heavy atom. The molecule has 15 heteroatoms. The first kappa shape index (κ1) is 62.7. The molecular formula is C56H91N3O11S. The Bertz CT molecular complexity index is 2180. The first-order chi connectivity index (χ1) is 34.1. The lowest BCUT2D eigenvalue weighted by atomic mass is 9.78. The van der Waals surface area contributed by atoms with E-state index < -0.39 is 29.3 Å². The molecule has 0 amide bonds. The molecule has 0 radical (unpaired) electrons. The Morgan fingerprint density at radius 3 is 2.03 bits per heavy atom. The van der Waals surface area contributed by atoms with Gasteiger partial charge in [0.15, 0.2) is 28.5 Å². The van der Waals surface area contributed by atoms with Crippen molar-refractivity contribution in [3.63, 3.8) is 0 Å². The highest BCUT2D eigenvalue weighted by atomic mass is 32.2. The van der Waals surface area contributed by atoms with Crippen molar-refractivity contribution in [2.75, 3.05) is 67.7 Å². The number of cyclic esters (lactones) is 1. The Balaban J connectivity index is 0.00000134. The number of carbonyl (C=O) groups excluding carboxylic acids is 2. The number of nitrogens with zero attached hydrogens (tertiary/aromatic N) is 2. The number of aliphatic hydroxyl groups is 1. The molecule has 2 bridgehead atoms. The van der Waals surface area contributed by atoms with Gasteiger partial charge in [0.1, 0.15) is 23.7 Å². The van der Waals surface area contributed by atoms with Crippen LogP contribution in [0.3, 0.4) is 0 Å². The Labute approximate surface area is 432 Å². The van der Waals surface area contributed by atoms with Gasteiger partial charge in [-0.2, -0.15) is 11.8 Å². The number of fused-ring (bicyclic) bond motifs is 9.